The van der Waals surface area contributed by atoms with Gasteiger partial charge in [0.05, 0.1) is 35.3 Å². The molecular formula is C17H17N3O3S3. The van der Waals surface area contributed by atoms with E-state index in [4.69, 9.17) is 0 Å². The highest BCUT2D eigenvalue weighted by Gasteiger charge is 2.25. The molecule has 2 N–H and O–H groups in total. The molecule has 0 radical (unpaired) electrons. The first-order chi connectivity index (χ1) is 12.5. The van der Waals surface area contributed by atoms with E-state index in [0.29, 0.717) is 16.4 Å². The van der Waals surface area contributed by atoms with Crippen molar-refractivity contribution < 1.29 is 13.5 Å². The van der Waals surface area contributed by atoms with Crippen molar-refractivity contribution in [1.29, 1.82) is 0 Å². The molecule has 1 aromatic carbocycles. The number of fused-ring (bicyclic) bond motifs is 1. The average molecular weight is 408 g/mol. The van der Waals surface area contributed by atoms with E-state index < -0.39 is 10.0 Å². The molecule has 0 saturated heterocycles. The Morgan fingerprint density at radius 3 is 2.88 bits per heavy atom. The lowest BCUT2D eigenvalue weighted by Crippen LogP contribution is -2.26. The Morgan fingerprint density at radius 1 is 1.35 bits per heavy atom. The normalized spacial score (nSPS) is 17.6. The van der Waals surface area contributed by atoms with E-state index in [1.807, 2.05) is 18.2 Å². The predicted molar refractivity (Wildman–Crippen MR) is 108 cm³/mol. The standard InChI is InChI=1S/C17H17N3O3S3/c1-20(26(22,23)15-6-3-7-24-15)14-5-2-4-11-8-13(19-16(11)14)17-18-9-12(10-21)25-17/h2-8,12,19,21H,9-10H2,1H3. The van der Waals surface area contributed by atoms with Crippen LogP contribution in [0.15, 0.2) is 51.0 Å². The fourth-order valence-corrected chi connectivity index (χ4v) is 6.15. The molecule has 9 heteroatoms. The van der Waals surface area contributed by atoms with Crippen LogP contribution in [-0.2, 0) is 10.0 Å². The summed E-state index contributed by atoms with van der Waals surface area (Å²) in [5.41, 5.74) is 2.18. The fraction of sp³-hybridized carbons (Fsp3) is 0.235. The van der Waals surface area contributed by atoms with Gasteiger partial charge in [-0.25, -0.2) is 8.42 Å². The summed E-state index contributed by atoms with van der Waals surface area (Å²) in [6.07, 6.45) is 0. The van der Waals surface area contributed by atoms with Crippen molar-refractivity contribution in [2.45, 2.75) is 9.46 Å². The van der Waals surface area contributed by atoms with Crippen LogP contribution in [0.25, 0.3) is 10.9 Å². The lowest BCUT2D eigenvalue weighted by atomic mass is 10.2. The molecule has 6 nitrogen and oxygen atoms in total. The molecule has 0 amide bonds. The summed E-state index contributed by atoms with van der Waals surface area (Å²) in [5, 5.41) is 12.9. The molecule has 1 aliphatic rings. The number of para-hydroxylation sites is 1. The molecule has 1 aliphatic heterocycles. The highest BCUT2D eigenvalue weighted by atomic mass is 32.2. The molecular weight excluding hydrogens is 390 g/mol. The number of thiophene rings is 1. The van der Waals surface area contributed by atoms with Gasteiger partial charge in [0, 0.05) is 12.4 Å². The summed E-state index contributed by atoms with van der Waals surface area (Å²) >= 11 is 2.74. The second-order valence-corrected chi connectivity index (χ2v) is 10.3. The van der Waals surface area contributed by atoms with Gasteiger partial charge in [0.2, 0.25) is 0 Å². The number of hydrogen-bond donors (Lipinski definition) is 2. The third-order valence-electron chi connectivity index (χ3n) is 4.23. The summed E-state index contributed by atoms with van der Waals surface area (Å²) in [4.78, 5) is 7.79. The fourth-order valence-electron chi connectivity index (χ4n) is 2.85. The Labute approximate surface area is 159 Å². The van der Waals surface area contributed by atoms with Gasteiger partial charge in [-0.05, 0) is 23.6 Å². The molecule has 2 aromatic heterocycles. The van der Waals surface area contributed by atoms with E-state index >= 15 is 0 Å². The average Bonchev–Trinajstić information content (AvgIpc) is 3.39. The number of nitrogens with one attached hydrogen (secondary N) is 1. The third kappa shape index (κ3) is 2.94. The molecule has 3 heterocycles. The Balaban J connectivity index is 1.75. The van der Waals surface area contributed by atoms with Crippen LogP contribution in [-0.4, -0.2) is 49.0 Å². The Bertz CT molecular complexity index is 1070. The van der Waals surface area contributed by atoms with Gasteiger partial charge < -0.3 is 10.1 Å². The van der Waals surface area contributed by atoms with Gasteiger partial charge in [0.25, 0.3) is 10.0 Å². The maximum absolute atomic E-state index is 12.8. The van der Waals surface area contributed by atoms with Crippen LogP contribution in [0.1, 0.15) is 5.69 Å². The Hall–Kier alpha value is -1.81. The van der Waals surface area contributed by atoms with E-state index in [0.717, 1.165) is 21.6 Å². The van der Waals surface area contributed by atoms with Crippen LogP contribution in [0, 0.1) is 0 Å². The number of aromatic amines is 1. The van der Waals surface area contributed by atoms with Gasteiger partial charge in [0.1, 0.15) is 9.25 Å². The lowest BCUT2D eigenvalue weighted by Gasteiger charge is -2.19. The molecule has 0 bridgehead atoms. The lowest BCUT2D eigenvalue weighted by molar-refractivity contribution is 0.297. The summed E-state index contributed by atoms with van der Waals surface area (Å²) < 4.78 is 27.3. The van der Waals surface area contributed by atoms with Crippen molar-refractivity contribution in [3.05, 3.63) is 47.5 Å². The van der Waals surface area contributed by atoms with Crippen LogP contribution in [0.3, 0.4) is 0 Å². The quantitative estimate of drug-likeness (QED) is 0.681. The minimum atomic E-state index is -3.60. The molecule has 0 spiro atoms. The summed E-state index contributed by atoms with van der Waals surface area (Å²) in [7, 11) is -2.04. The van der Waals surface area contributed by atoms with Crippen molar-refractivity contribution in [2.24, 2.45) is 4.99 Å². The highest BCUT2D eigenvalue weighted by molar-refractivity contribution is 8.15. The molecule has 0 saturated carbocycles. The Kier molecular flexibility index (Phi) is 4.55. The highest BCUT2D eigenvalue weighted by Crippen LogP contribution is 2.33. The van der Waals surface area contributed by atoms with Crippen molar-refractivity contribution in [3.63, 3.8) is 0 Å². The van der Waals surface area contributed by atoms with Gasteiger partial charge in [-0.1, -0.05) is 30.0 Å². The number of aliphatic imine (C=N–C) groups is 1. The largest absolute Gasteiger partial charge is 0.395 e. The van der Waals surface area contributed by atoms with Crippen molar-refractivity contribution in [1.82, 2.24) is 4.98 Å². The molecule has 136 valence electrons. The number of hydrogen-bond acceptors (Lipinski definition) is 6. The maximum Gasteiger partial charge on any atom is 0.273 e. The van der Waals surface area contributed by atoms with Gasteiger partial charge in [-0.15, -0.1) is 11.3 Å². The topological polar surface area (TPSA) is 85.8 Å². The smallest absolute Gasteiger partial charge is 0.273 e. The van der Waals surface area contributed by atoms with E-state index in [1.165, 1.54) is 27.4 Å². The monoisotopic (exact) mass is 407 g/mol. The molecule has 4 rings (SSSR count). The zero-order chi connectivity index (χ0) is 18.3. The van der Waals surface area contributed by atoms with Crippen LogP contribution in [0.5, 0.6) is 0 Å². The number of thioether (sulfide) groups is 1. The van der Waals surface area contributed by atoms with Gasteiger partial charge >= 0.3 is 0 Å². The summed E-state index contributed by atoms with van der Waals surface area (Å²) in [5.74, 6) is 0. The van der Waals surface area contributed by atoms with E-state index in [9.17, 15) is 13.5 Å². The number of aliphatic hydroxyl groups excluding tert-OH is 1. The number of aliphatic hydroxyl groups is 1. The summed E-state index contributed by atoms with van der Waals surface area (Å²) in [6.45, 7) is 0.677. The van der Waals surface area contributed by atoms with Crippen LogP contribution >= 0.6 is 23.1 Å². The van der Waals surface area contributed by atoms with Crippen LogP contribution < -0.4 is 4.31 Å². The van der Waals surface area contributed by atoms with Crippen molar-refractivity contribution in [3.8, 4) is 0 Å². The number of H-pyrrole nitrogens is 1. The number of anilines is 1. The second kappa shape index (κ2) is 6.73. The molecule has 3 aromatic rings. The van der Waals surface area contributed by atoms with Gasteiger partial charge in [-0.3, -0.25) is 9.30 Å². The number of aromatic nitrogens is 1. The van der Waals surface area contributed by atoms with Crippen LogP contribution in [0.2, 0.25) is 0 Å². The van der Waals surface area contributed by atoms with Gasteiger partial charge in [-0.2, -0.15) is 0 Å². The first-order valence-corrected chi connectivity index (χ1v) is 11.2. The predicted octanol–water partition coefficient (Wildman–Crippen LogP) is 2.91. The zero-order valence-electron chi connectivity index (χ0n) is 13.9. The van der Waals surface area contributed by atoms with Crippen molar-refractivity contribution in [2.75, 3.05) is 24.5 Å². The third-order valence-corrected chi connectivity index (χ3v) is 8.58. The molecule has 1 atom stereocenters. The maximum atomic E-state index is 12.8. The summed E-state index contributed by atoms with van der Waals surface area (Å²) in [6, 6.07) is 10.9. The molecule has 0 aliphatic carbocycles. The number of sulfonamides is 1. The van der Waals surface area contributed by atoms with E-state index in [-0.39, 0.29) is 11.9 Å². The number of benzene rings is 1. The van der Waals surface area contributed by atoms with Crippen LogP contribution in [0.4, 0.5) is 5.69 Å². The van der Waals surface area contributed by atoms with E-state index in [2.05, 4.69) is 9.98 Å². The molecule has 1 unspecified atom stereocenters. The number of rotatable bonds is 5. The Morgan fingerprint density at radius 2 is 2.19 bits per heavy atom. The van der Waals surface area contributed by atoms with Crippen molar-refractivity contribution >= 4 is 54.8 Å². The molecule has 0 fully saturated rings. The first-order valence-electron chi connectivity index (χ1n) is 7.97. The minimum absolute atomic E-state index is 0.0813. The molecule has 26 heavy (non-hydrogen) atoms. The van der Waals surface area contributed by atoms with E-state index in [1.54, 1.807) is 30.6 Å². The SMILES string of the molecule is CN(c1cccc2cc(C3=NCC(CO)S3)[nH]c12)S(=O)(=O)c1cccs1. The minimum Gasteiger partial charge on any atom is -0.395 e. The van der Waals surface area contributed by atoms with Gasteiger partial charge in [0.15, 0.2) is 0 Å². The first kappa shape index (κ1) is 17.6. The second-order valence-electron chi connectivity index (χ2n) is 5.90. The zero-order valence-corrected chi connectivity index (χ0v) is 16.4. The number of nitrogens with zero attached hydrogens (tertiary/aromatic N) is 2.